The van der Waals surface area contributed by atoms with Gasteiger partial charge in [0.1, 0.15) is 11.9 Å². The molecule has 106 valence electrons. The van der Waals surface area contributed by atoms with Crippen LogP contribution in [0.3, 0.4) is 0 Å². The Balaban J connectivity index is 1.99. The third kappa shape index (κ3) is 3.96. The van der Waals surface area contributed by atoms with E-state index in [-0.39, 0.29) is 0 Å². The van der Waals surface area contributed by atoms with Gasteiger partial charge in [0.25, 0.3) is 0 Å². The first-order chi connectivity index (χ1) is 9.24. The van der Waals surface area contributed by atoms with Crippen LogP contribution >= 0.6 is 15.9 Å². The molecule has 2 unspecified atom stereocenters. The fraction of sp³-hybridized carbons (Fsp3) is 0.625. The lowest BCUT2D eigenvalue weighted by Crippen LogP contribution is -2.31. The van der Waals surface area contributed by atoms with Gasteiger partial charge in [0.05, 0.1) is 0 Å². The van der Waals surface area contributed by atoms with Gasteiger partial charge in [-0.15, -0.1) is 0 Å². The third-order valence-electron chi connectivity index (χ3n) is 3.87. The largest absolute Gasteiger partial charge is 0.490 e. The number of benzene rings is 1. The van der Waals surface area contributed by atoms with Crippen molar-refractivity contribution in [1.29, 1.82) is 0 Å². The van der Waals surface area contributed by atoms with Crippen molar-refractivity contribution in [3.05, 3.63) is 28.2 Å². The van der Waals surface area contributed by atoms with E-state index in [0.717, 1.165) is 16.6 Å². The highest BCUT2D eigenvalue weighted by Crippen LogP contribution is 2.37. The van der Waals surface area contributed by atoms with Crippen LogP contribution in [0.15, 0.2) is 22.7 Å². The Hall–Kier alpha value is -0.540. The summed E-state index contributed by atoms with van der Waals surface area (Å²) in [7, 11) is 2.04. The maximum absolute atomic E-state index is 6.16. The predicted octanol–water partition coefficient (Wildman–Crippen LogP) is 4.83. The molecule has 2 nitrogen and oxygen atoms in total. The predicted molar refractivity (Wildman–Crippen MR) is 83.7 cm³/mol. The SMILES string of the molecule is CCCCCCC1CC(NC)c2ccc(Br)cc2O1. The summed E-state index contributed by atoms with van der Waals surface area (Å²) in [5, 5.41) is 3.42. The Kier molecular flexibility index (Phi) is 5.71. The first-order valence-corrected chi connectivity index (χ1v) is 8.17. The van der Waals surface area contributed by atoms with Crippen LogP contribution in [0.1, 0.15) is 57.1 Å². The van der Waals surface area contributed by atoms with E-state index >= 15 is 0 Å². The zero-order chi connectivity index (χ0) is 13.7. The fourth-order valence-electron chi connectivity index (χ4n) is 2.76. The number of ether oxygens (including phenoxy) is 1. The summed E-state index contributed by atoms with van der Waals surface area (Å²) in [4.78, 5) is 0. The molecule has 19 heavy (non-hydrogen) atoms. The molecule has 1 aliphatic heterocycles. The lowest BCUT2D eigenvalue weighted by atomic mass is 9.94. The summed E-state index contributed by atoms with van der Waals surface area (Å²) < 4.78 is 7.25. The van der Waals surface area contributed by atoms with E-state index < -0.39 is 0 Å². The Morgan fingerprint density at radius 3 is 2.89 bits per heavy atom. The Morgan fingerprint density at radius 2 is 2.16 bits per heavy atom. The molecule has 0 radical (unpaired) electrons. The Bertz CT molecular complexity index is 408. The minimum absolute atomic E-state index is 0.358. The number of halogens is 1. The summed E-state index contributed by atoms with van der Waals surface area (Å²) in [6.45, 7) is 2.25. The molecular formula is C16H24BrNO. The molecule has 0 aromatic heterocycles. The van der Waals surface area contributed by atoms with Gasteiger partial charge in [-0.05, 0) is 32.0 Å². The van der Waals surface area contributed by atoms with Crippen molar-refractivity contribution in [3.8, 4) is 5.75 Å². The van der Waals surface area contributed by atoms with E-state index in [4.69, 9.17) is 4.74 Å². The van der Waals surface area contributed by atoms with Crippen molar-refractivity contribution >= 4 is 15.9 Å². The molecule has 1 aliphatic rings. The van der Waals surface area contributed by atoms with Crippen LogP contribution in [0.5, 0.6) is 5.75 Å². The van der Waals surface area contributed by atoms with Crippen LogP contribution in [0, 0.1) is 0 Å². The summed E-state index contributed by atoms with van der Waals surface area (Å²) in [6, 6.07) is 6.77. The van der Waals surface area contributed by atoms with Crippen LogP contribution in [-0.4, -0.2) is 13.2 Å². The molecule has 1 aromatic carbocycles. The molecule has 0 saturated heterocycles. The smallest absolute Gasteiger partial charge is 0.125 e. The highest BCUT2D eigenvalue weighted by atomic mass is 79.9. The molecular weight excluding hydrogens is 302 g/mol. The van der Waals surface area contributed by atoms with Crippen LogP contribution in [0.4, 0.5) is 0 Å². The van der Waals surface area contributed by atoms with Crippen LogP contribution in [0.25, 0.3) is 0 Å². The minimum Gasteiger partial charge on any atom is -0.490 e. The molecule has 0 amide bonds. The molecule has 2 rings (SSSR count). The highest BCUT2D eigenvalue weighted by molar-refractivity contribution is 9.10. The molecule has 0 saturated carbocycles. The highest BCUT2D eigenvalue weighted by Gasteiger charge is 2.26. The fourth-order valence-corrected chi connectivity index (χ4v) is 3.10. The lowest BCUT2D eigenvalue weighted by molar-refractivity contribution is 0.140. The normalized spacial score (nSPS) is 21.8. The minimum atomic E-state index is 0.358. The van der Waals surface area contributed by atoms with Gasteiger partial charge in [0.2, 0.25) is 0 Å². The second kappa shape index (κ2) is 7.30. The first kappa shape index (κ1) is 14.9. The number of rotatable bonds is 6. The number of hydrogen-bond donors (Lipinski definition) is 1. The van der Waals surface area contributed by atoms with E-state index in [1.54, 1.807) is 0 Å². The van der Waals surface area contributed by atoms with E-state index in [9.17, 15) is 0 Å². The molecule has 2 atom stereocenters. The van der Waals surface area contributed by atoms with E-state index in [1.165, 1.54) is 37.7 Å². The number of fused-ring (bicyclic) bond motifs is 1. The zero-order valence-electron chi connectivity index (χ0n) is 11.9. The van der Waals surface area contributed by atoms with Crippen LogP contribution in [-0.2, 0) is 0 Å². The van der Waals surface area contributed by atoms with Gasteiger partial charge >= 0.3 is 0 Å². The van der Waals surface area contributed by atoms with Crippen LogP contribution < -0.4 is 10.1 Å². The summed E-state index contributed by atoms with van der Waals surface area (Å²) in [6.07, 6.45) is 7.84. The van der Waals surface area contributed by atoms with Gasteiger partial charge in [-0.3, -0.25) is 0 Å². The topological polar surface area (TPSA) is 21.3 Å². The summed E-state index contributed by atoms with van der Waals surface area (Å²) in [5.41, 5.74) is 1.29. The van der Waals surface area contributed by atoms with E-state index in [2.05, 4.69) is 46.4 Å². The van der Waals surface area contributed by atoms with Crippen molar-refractivity contribution in [2.24, 2.45) is 0 Å². The van der Waals surface area contributed by atoms with Gasteiger partial charge in [-0.1, -0.05) is 48.2 Å². The molecule has 0 bridgehead atoms. The van der Waals surface area contributed by atoms with Gasteiger partial charge in [-0.2, -0.15) is 0 Å². The second-order valence-corrected chi connectivity index (χ2v) is 6.26. The van der Waals surface area contributed by atoms with Crippen molar-refractivity contribution in [1.82, 2.24) is 5.32 Å². The first-order valence-electron chi connectivity index (χ1n) is 7.38. The molecule has 0 spiro atoms. The maximum atomic E-state index is 6.16. The quantitative estimate of drug-likeness (QED) is 0.756. The molecule has 0 aliphatic carbocycles. The van der Waals surface area contributed by atoms with Crippen molar-refractivity contribution in [2.75, 3.05) is 7.05 Å². The van der Waals surface area contributed by atoms with Gasteiger partial charge < -0.3 is 10.1 Å². The molecule has 1 heterocycles. The lowest BCUT2D eigenvalue weighted by Gasteiger charge is -2.32. The Labute approximate surface area is 125 Å². The Morgan fingerprint density at radius 1 is 1.32 bits per heavy atom. The van der Waals surface area contributed by atoms with Crippen molar-refractivity contribution in [2.45, 2.75) is 57.6 Å². The molecule has 1 aromatic rings. The number of unbranched alkanes of at least 4 members (excludes halogenated alkanes) is 3. The average molecular weight is 326 g/mol. The summed E-state index contributed by atoms with van der Waals surface area (Å²) in [5.74, 6) is 1.04. The molecule has 1 N–H and O–H groups in total. The average Bonchev–Trinajstić information content (AvgIpc) is 2.42. The van der Waals surface area contributed by atoms with E-state index in [0.29, 0.717) is 12.1 Å². The monoisotopic (exact) mass is 325 g/mol. The van der Waals surface area contributed by atoms with Crippen molar-refractivity contribution in [3.63, 3.8) is 0 Å². The maximum Gasteiger partial charge on any atom is 0.125 e. The van der Waals surface area contributed by atoms with Crippen LogP contribution in [0.2, 0.25) is 0 Å². The standard InChI is InChI=1S/C16H24BrNO/c1-3-4-5-6-7-13-11-15(18-2)14-9-8-12(17)10-16(14)19-13/h8-10,13,15,18H,3-7,11H2,1-2H3. The number of nitrogens with one attached hydrogen (secondary N) is 1. The van der Waals surface area contributed by atoms with Gasteiger partial charge in [0.15, 0.2) is 0 Å². The molecule has 0 fully saturated rings. The third-order valence-corrected chi connectivity index (χ3v) is 4.36. The summed E-state index contributed by atoms with van der Waals surface area (Å²) >= 11 is 3.52. The van der Waals surface area contributed by atoms with Gasteiger partial charge in [-0.25, -0.2) is 0 Å². The van der Waals surface area contributed by atoms with E-state index in [1.807, 2.05) is 7.05 Å². The zero-order valence-corrected chi connectivity index (χ0v) is 13.5. The molecule has 3 heteroatoms. The second-order valence-electron chi connectivity index (χ2n) is 5.35. The number of hydrogen-bond acceptors (Lipinski definition) is 2. The van der Waals surface area contributed by atoms with Crippen molar-refractivity contribution < 1.29 is 4.74 Å². The van der Waals surface area contributed by atoms with Gasteiger partial charge in [0, 0.05) is 22.5 Å².